The van der Waals surface area contributed by atoms with Gasteiger partial charge in [0.1, 0.15) is 30.2 Å². The number of aliphatic hydroxyl groups excluding tert-OH is 1. The predicted molar refractivity (Wildman–Crippen MR) is 169 cm³/mol. The fourth-order valence-electron chi connectivity index (χ4n) is 4.55. The zero-order chi connectivity index (χ0) is 35.7. The molecule has 1 aromatic heterocycles. The van der Waals surface area contributed by atoms with E-state index in [-0.39, 0.29) is 31.6 Å². The van der Waals surface area contributed by atoms with Crippen LogP contribution in [0.5, 0.6) is 0 Å². The molecule has 264 valence electrons. The number of imidazole rings is 1. The van der Waals surface area contributed by atoms with Crippen molar-refractivity contribution in [2.75, 3.05) is 6.54 Å². The van der Waals surface area contributed by atoms with Crippen LogP contribution < -0.4 is 43.8 Å². The molecule has 0 radical (unpaired) electrons. The standard InChI is InChI=1S/C29H50N10O8/c1-5-15(2)23(35-17(4)41)29(47)37-19(8-6-7-11-30)26(44)36-20(9-10-22(31)42)27(45)38-21(12-18-13-33-14-34-18)28(46)39-24(16(3)40)25(32)43/h13-16,19-21,23-24,40H,5-12,30H2,1-4H3,(H2,31,42)(H2,32,43)(H,33,34)(H,35,41)(H,36,44)(H,37,47)(H,38,45)(H,39,46)/t15-,16+,19-,20-,21-,23-,24-/m0/s1. The van der Waals surface area contributed by atoms with Crippen LogP contribution in [0.25, 0.3) is 0 Å². The van der Waals surface area contributed by atoms with Crippen molar-refractivity contribution in [3.8, 4) is 0 Å². The van der Waals surface area contributed by atoms with Crippen molar-refractivity contribution in [2.24, 2.45) is 23.1 Å². The maximum Gasteiger partial charge on any atom is 0.243 e. The highest BCUT2D eigenvalue weighted by Crippen LogP contribution is 2.11. The SMILES string of the molecule is CC[C@H](C)[C@H](NC(C)=O)C(=O)N[C@@H](CCCCN)C(=O)N[C@@H](CCC(N)=O)C(=O)N[C@@H](Cc1cnc[nH]1)C(=O)N[C@H](C(N)=O)[C@@H](C)O. The second-order valence-corrected chi connectivity index (χ2v) is 11.4. The molecule has 0 unspecified atom stereocenters. The second kappa shape index (κ2) is 20.5. The predicted octanol–water partition coefficient (Wildman–Crippen LogP) is -3.30. The zero-order valence-electron chi connectivity index (χ0n) is 27.3. The molecular formula is C29H50N10O8. The van der Waals surface area contributed by atoms with Gasteiger partial charge in [-0.25, -0.2) is 4.98 Å². The van der Waals surface area contributed by atoms with E-state index in [9.17, 15) is 38.7 Å². The molecule has 0 bridgehead atoms. The Morgan fingerprint density at radius 2 is 1.40 bits per heavy atom. The molecule has 7 atom stereocenters. The summed E-state index contributed by atoms with van der Waals surface area (Å²) >= 11 is 0. The van der Waals surface area contributed by atoms with Crippen molar-refractivity contribution in [1.29, 1.82) is 0 Å². The van der Waals surface area contributed by atoms with Crippen molar-refractivity contribution < 1.29 is 38.7 Å². The van der Waals surface area contributed by atoms with Gasteiger partial charge in [0.25, 0.3) is 0 Å². The molecule has 18 nitrogen and oxygen atoms in total. The summed E-state index contributed by atoms with van der Waals surface area (Å²) in [5.41, 5.74) is 16.7. The zero-order valence-corrected chi connectivity index (χ0v) is 27.3. The molecule has 0 aliphatic heterocycles. The molecule has 1 aromatic rings. The van der Waals surface area contributed by atoms with E-state index >= 15 is 0 Å². The van der Waals surface area contributed by atoms with Gasteiger partial charge in [-0.1, -0.05) is 20.3 Å². The number of aromatic amines is 1. The lowest BCUT2D eigenvalue weighted by Crippen LogP contribution is -2.60. The van der Waals surface area contributed by atoms with Gasteiger partial charge in [0, 0.05) is 31.7 Å². The quantitative estimate of drug-likeness (QED) is 0.0550. The summed E-state index contributed by atoms with van der Waals surface area (Å²) in [7, 11) is 0. The summed E-state index contributed by atoms with van der Waals surface area (Å²) in [6.45, 7) is 6.47. The van der Waals surface area contributed by atoms with E-state index in [1.165, 1.54) is 26.4 Å². The number of H-pyrrole nitrogens is 1. The van der Waals surface area contributed by atoms with Gasteiger partial charge in [-0.15, -0.1) is 0 Å². The number of unbranched alkanes of at least 4 members (excludes halogenated alkanes) is 1. The topological polar surface area (TPSA) is 307 Å². The Kier molecular flexibility index (Phi) is 17.7. The Morgan fingerprint density at radius 1 is 0.830 bits per heavy atom. The first kappa shape index (κ1) is 40.4. The summed E-state index contributed by atoms with van der Waals surface area (Å²) in [4.78, 5) is 95.5. The van der Waals surface area contributed by atoms with Crippen molar-refractivity contribution in [1.82, 2.24) is 36.6 Å². The third-order valence-corrected chi connectivity index (χ3v) is 7.45. The minimum absolute atomic E-state index is 0.142. The third-order valence-electron chi connectivity index (χ3n) is 7.45. The molecule has 0 saturated carbocycles. The lowest BCUT2D eigenvalue weighted by atomic mass is 9.97. The molecule has 0 spiro atoms. The first-order chi connectivity index (χ1) is 22.1. The fourth-order valence-corrected chi connectivity index (χ4v) is 4.55. The largest absolute Gasteiger partial charge is 0.391 e. The number of carbonyl (C=O) groups excluding carboxylic acids is 7. The van der Waals surface area contributed by atoms with Crippen LogP contribution in [-0.4, -0.2) is 99.3 Å². The van der Waals surface area contributed by atoms with Gasteiger partial charge in [0.2, 0.25) is 41.4 Å². The summed E-state index contributed by atoms with van der Waals surface area (Å²) in [5.74, 6) is -5.58. The van der Waals surface area contributed by atoms with Crippen LogP contribution in [0.1, 0.15) is 71.9 Å². The molecule has 7 amide bonds. The highest BCUT2D eigenvalue weighted by Gasteiger charge is 2.34. The number of amides is 7. The van der Waals surface area contributed by atoms with Crippen LogP contribution in [0, 0.1) is 5.92 Å². The van der Waals surface area contributed by atoms with E-state index in [0.717, 1.165) is 0 Å². The van der Waals surface area contributed by atoms with Crippen LogP contribution in [0.4, 0.5) is 0 Å². The molecule has 18 heteroatoms. The molecule has 47 heavy (non-hydrogen) atoms. The molecule has 1 heterocycles. The number of primary amides is 2. The van der Waals surface area contributed by atoms with E-state index in [1.54, 1.807) is 6.92 Å². The van der Waals surface area contributed by atoms with Crippen molar-refractivity contribution >= 4 is 41.4 Å². The van der Waals surface area contributed by atoms with Crippen LogP contribution >= 0.6 is 0 Å². The molecule has 1 rings (SSSR count). The number of hydrogen-bond acceptors (Lipinski definition) is 10. The molecule has 13 N–H and O–H groups in total. The molecule has 0 aliphatic carbocycles. The summed E-state index contributed by atoms with van der Waals surface area (Å²) in [6, 6.07) is -6.30. The Balaban J connectivity index is 3.31. The van der Waals surface area contributed by atoms with E-state index < -0.39 is 77.7 Å². The average Bonchev–Trinajstić information content (AvgIpc) is 3.51. The van der Waals surface area contributed by atoms with Crippen LogP contribution in [0.2, 0.25) is 0 Å². The molecule has 0 saturated heterocycles. The van der Waals surface area contributed by atoms with Crippen LogP contribution in [0.15, 0.2) is 12.5 Å². The van der Waals surface area contributed by atoms with Gasteiger partial charge >= 0.3 is 0 Å². The molecule has 0 fully saturated rings. The minimum Gasteiger partial charge on any atom is -0.391 e. The summed E-state index contributed by atoms with van der Waals surface area (Å²) in [5, 5.41) is 22.5. The number of aliphatic hydroxyl groups is 1. The lowest BCUT2D eigenvalue weighted by Gasteiger charge is -2.28. The first-order valence-corrected chi connectivity index (χ1v) is 15.5. The second-order valence-electron chi connectivity index (χ2n) is 11.4. The molecule has 0 aliphatic rings. The van der Waals surface area contributed by atoms with Crippen LogP contribution in [-0.2, 0) is 40.0 Å². The van der Waals surface area contributed by atoms with Gasteiger partial charge in [-0.05, 0) is 45.1 Å². The van der Waals surface area contributed by atoms with Gasteiger partial charge in [-0.3, -0.25) is 33.6 Å². The fraction of sp³-hybridized carbons (Fsp3) is 0.655. The van der Waals surface area contributed by atoms with Gasteiger partial charge in [0.15, 0.2) is 0 Å². The average molecular weight is 667 g/mol. The highest BCUT2D eigenvalue weighted by molar-refractivity contribution is 5.96. The smallest absolute Gasteiger partial charge is 0.243 e. The molecule has 0 aromatic carbocycles. The normalized spacial score (nSPS) is 15.4. The Bertz CT molecular complexity index is 1210. The maximum atomic E-state index is 13.6. The van der Waals surface area contributed by atoms with Crippen molar-refractivity contribution in [2.45, 2.75) is 109 Å². The summed E-state index contributed by atoms with van der Waals surface area (Å²) in [6.07, 6.45) is 2.37. The van der Waals surface area contributed by atoms with E-state index in [0.29, 0.717) is 31.5 Å². The third kappa shape index (κ3) is 14.6. The monoisotopic (exact) mass is 666 g/mol. The van der Waals surface area contributed by atoms with E-state index in [1.807, 2.05) is 6.92 Å². The highest BCUT2D eigenvalue weighted by atomic mass is 16.3. The minimum atomic E-state index is -1.47. The number of rotatable bonds is 22. The summed E-state index contributed by atoms with van der Waals surface area (Å²) < 4.78 is 0. The van der Waals surface area contributed by atoms with Crippen molar-refractivity contribution in [3.63, 3.8) is 0 Å². The van der Waals surface area contributed by atoms with Gasteiger partial charge in [-0.2, -0.15) is 0 Å². The van der Waals surface area contributed by atoms with Gasteiger partial charge in [0.05, 0.1) is 12.4 Å². The number of nitrogens with two attached hydrogens (primary N) is 3. The first-order valence-electron chi connectivity index (χ1n) is 15.5. The number of hydrogen-bond donors (Lipinski definition) is 10. The number of nitrogens with zero attached hydrogens (tertiary/aromatic N) is 1. The Labute approximate surface area is 273 Å². The maximum absolute atomic E-state index is 13.6. The Hall–Kier alpha value is -4.58. The molecular weight excluding hydrogens is 616 g/mol. The lowest BCUT2D eigenvalue weighted by molar-refractivity contribution is -0.136. The Morgan fingerprint density at radius 3 is 1.89 bits per heavy atom. The van der Waals surface area contributed by atoms with Gasteiger partial charge < -0.3 is 53.9 Å². The van der Waals surface area contributed by atoms with E-state index in [4.69, 9.17) is 17.2 Å². The van der Waals surface area contributed by atoms with Crippen LogP contribution in [0.3, 0.4) is 0 Å². The number of aromatic nitrogens is 2. The number of nitrogens with one attached hydrogen (secondary N) is 6. The van der Waals surface area contributed by atoms with E-state index in [2.05, 4.69) is 36.6 Å². The number of carbonyl (C=O) groups is 7. The van der Waals surface area contributed by atoms with Crippen molar-refractivity contribution in [3.05, 3.63) is 18.2 Å².